The van der Waals surface area contributed by atoms with Crippen LogP contribution in [0.5, 0.6) is 0 Å². The third kappa shape index (κ3) is 4.59. The van der Waals surface area contributed by atoms with Gasteiger partial charge in [0.25, 0.3) is 0 Å². The first-order chi connectivity index (χ1) is 8.16. The summed E-state index contributed by atoms with van der Waals surface area (Å²) in [6.45, 7) is 0. The monoisotopic (exact) mass is 259 g/mol. The normalized spacial score (nSPS) is 28.5. The summed E-state index contributed by atoms with van der Waals surface area (Å²) in [6, 6.07) is 1.09. The zero-order valence-corrected chi connectivity index (χ0v) is 11.5. The van der Waals surface area contributed by atoms with Gasteiger partial charge in [0.1, 0.15) is 9.84 Å². The van der Waals surface area contributed by atoms with Crippen molar-refractivity contribution >= 4 is 9.84 Å². The average Bonchev–Trinajstić information content (AvgIpc) is 2.24. The van der Waals surface area contributed by atoms with E-state index in [2.05, 4.69) is 5.32 Å². The van der Waals surface area contributed by atoms with E-state index in [4.69, 9.17) is 0 Å². The van der Waals surface area contributed by atoms with Gasteiger partial charge in [-0.1, -0.05) is 32.1 Å². The lowest BCUT2D eigenvalue weighted by Gasteiger charge is -2.29. The van der Waals surface area contributed by atoms with Crippen LogP contribution < -0.4 is 5.32 Å². The van der Waals surface area contributed by atoms with Gasteiger partial charge in [-0.25, -0.2) is 8.42 Å². The molecule has 17 heavy (non-hydrogen) atoms. The standard InChI is InChI=1S/C13H25NO2S/c15-17(16)10-8-13(9-11-17)14-12-6-4-2-1-3-5-7-12/h12-14H,1-11H2. The molecular weight excluding hydrogens is 234 g/mol. The molecule has 4 heteroatoms. The number of sulfone groups is 1. The van der Waals surface area contributed by atoms with Crippen LogP contribution in [-0.2, 0) is 9.84 Å². The van der Waals surface area contributed by atoms with Crippen LogP contribution in [-0.4, -0.2) is 32.0 Å². The second-order valence-corrected chi connectivity index (χ2v) is 7.94. The van der Waals surface area contributed by atoms with Crippen LogP contribution in [0.25, 0.3) is 0 Å². The van der Waals surface area contributed by atoms with Crippen molar-refractivity contribution in [3.05, 3.63) is 0 Å². The topological polar surface area (TPSA) is 46.2 Å². The number of nitrogens with one attached hydrogen (secondary N) is 1. The molecule has 3 nitrogen and oxygen atoms in total. The second-order valence-electron chi connectivity index (χ2n) is 5.63. The van der Waals surface area contributed by atoms with Gasteiger partial charge in [-0.3, -0.25) is 0 Å². The predicted molar refractivity (Wildman–Crippen MR) is 70.9 cm³/mol. The smallest absolute Gasteiger partial charge is 0.150 e. The molecule has 0 atom stereocenters. The van der Waals surface area contributed by atoms with Crippen LogP contribution in [0, 0.1) is 0 Å². The minimum absolute atomic E-state index is 0.386. The SMILES string of the molecule is O=S1(=O)CCC(NC2CCCCCCC2)CC1. The van der Waals surface area contributed by atoms with Gasteiger partial charge >= 0.3 is 0 Å². The van der Waals surface area contributed by atoms with E-state index in [0.717, 1.165) is 12.8 Å². The minimum Gasteiger partial charge on any atom is -0.311 e. The van der Waals surface area contributed by atoms with Crippen molar-refractivity contribution in [1.82, 2.24) is 5.32 Å². The summed E-state index contributed by atoms with van der Waals surface area (Å²) in [6.07, 6.45) is 11.0. The van der Waals surface area contributed by atoms with Gasteiger partial charge in [0, 0.05) is 12.1 Å². The average molecular weight is 259 g/mol. The van der Waals surface area contributed by atoms with Crippen molar-refractivity contribution in [2.45, 2.75) is 69.9 Å². The van der Waals surface area contributed by atoms with Gasteiger partial charge in [0.2, 0.25) is 0 Å². The molecule has 1 saturated heterocycles. The van der Waals surface area contributed by atoms with Gasteiger partial charge in [-0.2, -0.15) is 0 Å². The summed E-state index contributed by atoms with van der Waals surface area (Å²) in [5.41, 5.74) is 0. The number of hydrogen-bond donors (Lipinski definition) is 1. The maximum Gasteiger partial charge on any atom is 0.150 e. The van der Waals surface area contributed by atoms with Crippen LogP contribution >= 0.6 is 0 Å². The van der Waals surface area contributed by atoms with E-state index in [9.17, 15) is 8.42 Å². The molecule has 1 N–H and O–H groups in total. The van der Waals surface area contributed by atoms with Crippen molar-refractivity contribution in [1.29, 1.82) is 0 Å². The number of rotatable bonds is 2. The van der Waals surface area contributed by atoms with Crippen LogP contribution in [0.3, 0.4) is 0 Å². The highest BCUT2D eigenvalue weighted by Gasteiger charge is 2.25. The fraction of sp³-hybridized carbons (Fsp3) is 1.00. The molecule has 0 amide bonds. The lowest BCUT2D eigenvalue weighted by molar-refractivity contribution is 0.337. The summed E-state index contributed by atoms with van der Waals surface area (Å²) in [5, 5.41) is 3.70. The number of hydrogen-bond acceptors (Lipinski definition) is 3. The van der Waals surface area contributed by atoms with E-state index in [-0.39, 0.29) is 0 Å². The molecule has 1 aliphatic heterocycles. The highest BCUT2D eigenvalue weighted by Crippen LogP contribution is 2.20. The molecule has 0 radical (unpaired) electrons. The van der Waals surface area contributed by atoms with Gasteiger partial charge in [-0.15, -0.1) is 0 Å². The molecule has 100 valence electrons. The summed E-state index contributed by atoms with van der Waals surface area (Å²) in [4.78, 5) is 0. The maximum absolute atomic E-state index is 11.4. The molecular formula is C13H25NO2S. The summed E-state index contributed by atoms with van der Waals surface area (Å²) >= 11 is 0. The molecule has 1 heterocycles. The van der Waals surface area contributed by atoms with Crippen molar-refractivity contribution in [2.24, 2.45) is 0 Å². The van der Waals surface area contributed by atoms with Gasteiger partial charge in [0.15, 0.2) is 0 Å². The molecule has 1 aliphatic carbocycles. The van der Waals surface area contributed by atoms with Gasteiger partial charge < -0.3 is 5.32 Å². The molecule has 0 aromatic carbocycles. The molecule has 2 aliphatic rings. The van der Waals surface area contributed by atoms with Gasteiger partial charge in [-0.05, 0) is 25.7 Å². The Morgan fingerprint density at radius 2 is 1.18 bits per heavy atom. The lowest BCUT2D eigenvalue weighted by atomic mass is 9.95. The molecule has 0 unspecified atom stereocenters. The summed E-state index contributed by atoms with van der Waals surface area (Å²) < 4.78 is 22.7. The Bertz CT molecular complexity index is 304. The Labute approximate surface area is 105 Å². The van der Waals surface area contributed by atoms with E-state index in [1.54, 1.807) is 0 Å². The Balaban J connectivity index is 1.76. The van der Waals surface area contributed by atoms with Crippen molar-refractivity contribution in [3.63, 3.8) is 0 Å². The first-order valence-corrected chi connectivity index (χ1v) is 8.94. The predicted octanol–water partition coefficient (Wildman–Crippen LogP) is 2.27. The second kappa shape index (κ2) is 6.19. The Morgan fingerprint density at radius 3 is 1.76 bits per heavy atom. The molecule has 0 spiro atoms. The minimum atomic E-state index is -2.71. The van der Waals surface area contributed by atoms with Crippen LogP contribution in [0.4, 0.5) is 0 Å². The zero-order chi connectivity index (χ0) is 12.1. The van der Waals surface area contributed by atoms with Crippen LogP contribution in [0.15, 0.2) is 0 Å². The highest BCUT2D eigenvalue weighted by atomic mass is 32.2. The fourth-order valence-corrected chi connectivity index (χ4v) is 4.50. The molecule has 2 rings (SSSR count). The quantitative estimate of drug-likeness (QED) is 0.827. The van der Waals surface area contributed by atoms with E-state index < -0.39 is 9.84 Å². The molecule has 0 aromatic rings. The van der Waals surface area contributed by atoms with E-state index >= 15 is 0 Å². The van der Waals surface area contributed by atoms with Crippen molar-refractivity contribution < 1.29 is 8.42 Å². The van der Waals surface area contributed by atoms with E-state index in [1.165, 1.54) is 44.9 Å². The highest BCUT2D eigenvalue weighted by molar-refractivity contribution is 7.91. The molecule has 1 saturated carbocycles. The zero-order valence-electron chi connectivity index (χ0n) is 10.7. The first kappa shape index (κ1) is 13.3. The summed E-state index contributed by atoms with van der Waals surface area (Å²) in [7, 11) is -2.71. The molecule has 2 fully saturated rings. The molecule has 0 bridgehead atoms. The molecule has 0 aromatic heterocycles. The van der Waals surface area contributed by atoms with Crippen LogP contribution in [0.2, 0.25) is 0 Å². The summed E-state index contributed by atoms with van der Waals surface area (Å²) in [5.74, 6) is 0.773. The van der Waals surface area contributed by atoms with Gasteiger partial charge in [0.05, 0.1) is 11.5 Å². The third-order valence-corrected chi connectivity index (χ3v) is 5.85. The Hall–Kier alpha value is -0.0900. The van der Waals surface area contributed by atoms with E-state index in [1.807, 2.05) is 0 Å². The maximum atomic E-state index is 11.4. The Kier molecular flexibility index (Phi) is 4.86. The fourth-order valence-electron chi connectivity index (χ4n) is 3.01. The van der Waals surface area contributed by atoms with Crippen LogP contribution in [0.1, 0.15) is 57.8 Å². The van der Waals surface area contributed by atoms with Crippen molar-refractivity contribution in [3.8, 4) is 0 Å². The third-order valence-electron chi connectivity index (χ3n) is 4.13. The largest absolute Gasteiger partial charge is 0.311 e. The van der Waals surface area contributed by atoms with Crippen molar-refractivity contribution in [2.75, 3.05) is 11.5 Å². The van der Waals surface area contributed by atoms with E-state index in [0.29, 0.717) is 23.6 Å². The first-order valence-electron chi connectivity index (χ1n) is 7.12. The Morgan fingerprint density at radius 1 is 0.706 bits per heavy atom. The lowest BCUT2D eigenvalue weighted by Crippen LogP contribution is -2.43.